The Hall–Kier alpha value is -0.801. The van der Waals surface area contributed by atoms with Crippen molar-refractivity contribution in [1.82, 2.24) is 9.88 Å². The van der Waals surface area contributed by atoms with E-state index in [2.05, 4.69) is 23.7 Å². The third-order valence-electron chi connectivity index (χ3n) is 3.61. The summed E-state index contributed by atoms with van der Waals surface area (Å²) in [6.07, 6.45) is 7.71. The van der Waals surface area contributed by atoms with Crippen LogP contribution in [0, 0.1) is 0 Å². The minimum atomic E-state index is 0.105. The third kappa shape index (κ3) is 3.86. The van der Waals surface area contributed by atoms with Gasteiger partial charge in [0.2, 0.25) is 0 Å². The molecule has 0 aromatic carbocycles. The maximum atomic E-state index is 12.5. The molecule has 0 bridgehead atoms. The number of hydrogen-bond donors (Lipinski definition) is 0. The Kier molecular flexibility index (Phi) is 6.11. The first-order valence-electron chi connectivity index (χ1n) is 7.76. The van der Waals surface area contributed by atoms with Crippen LogP contribution in [-0.4, -0.2) is 56.5 Å². The average molecular weight is 342 g/mol. The van der Waals surface area contributed by atoms with Crippen molar-refractivity contribution in [3.63, 3.8) is 0 Å². The van der Waals surface area contributed by atoms with Crippen LogP contribution in [0.25, 0.3) is 0 Å². The molecule has 0 radical (unpaired) electrons. The number of hydrogen-bond acceptors (Lipinski definition) is 3. The van der Waals surface area contributed by atoms with Crippen LogP contribution in [0.4, 0.5) is 4.69 Å². The van der Waals surface area contributed by atoms with E-state index < -0.39 is 0 Å². The van der Waals surface area contributed by atoms with Crippen molar-refractivity contribution < 1.29 is 4.79 Å². The number of carbonyl (C=O) groups is 1. The van der Waals surface area contributed by atoms with Gasteiger partial charge < -0.3 is 0 Å². The van der Waals surface area contributed by atoms with Gasteiger partial charge in [0.05, 0.1) is 0 Å². The Morgan fingerprint density at radius 2 is 1.90 bits per heavy atom. The van der Waals surface area contributed by atoms with E-state index in [0.29, 0.717) is 0 Å². The fourth-order valence-electron chi connectivity index (χ4n) is 2.61. The monoisotopic (exact) mass is 343 g/mol. The average Bonchev–Trinajstić information content (AvgIpc) is 2.97. The Labute approximate surface area is 127 Å². The van der Waals surface area contributed by atoms with Crippen LogP contribution in [0.1, 0.15) is 55.2 Å². The summed E-state index contributed by atoms with van der Waals surface area (Å²) in [5, 5.41) is 0. The predicted octanol–water partition coefficient (Wildman–Crippen LogP) is 2.39. The summed E-state index contributed by atoms with van der Waals surface area (Å²) in [6.45, 7) is 8.20. The number of nitrogens with zero attached hydrogens (tertiary/aromatic N) is 3. The molecule has 1 fully saturated rings. The maximum absolute atomic E-state index is 12.5. The molecule has 1 saturated heterocycles. The molecule has 2 rings (SSSR count). The van der Waals surface area contributed by atoms with Crippen LogP contribution in [0.3, 0.4) is 0 Å². The standard InChI is InChI=1S/C15H25N3OSe/c1-3-8-17(9-4-2)14(19)13-12-16-15(20-13)18-10-6-5-7-11-18/h12H,3-11H2,1-2H3. The fourth-order valence-corrected chi connectivity index (χ4v) is 4.57. The first kappa shape index (κ1) is 15.6. The van der Waals surface area contributed by atoms with Crippen molar-refractivity contribution in [2.75, 3.05) is 31.1 Å². The molecule has 0 spiro atoms. The summed E-state index contributed by atoms with van der Waals surface area (Å²) in [7, 11) is 0. The van der Waals surface area contributed by atoms with Gasteiger partial charge in [0.25, 0.3) is 0 Å². The van der Waals surface area contributed by atoms with Crippen LogP contribution in [0.2, 0.25) is 0 Å². The fraction of sp³-hybridized carbons (Fsp3) is 0.733. The van der Waals surface area contributed by atoms with Crippen LogP contribution in [0.15, 0.2) is 6.20 Å². The number of rotatable bonds is 6. The molecule has 1 aliphatic heterocycles. The van der Waals surface area contributed by atoms with Gasteiger partial charge in [-0.05, 0) is 0 Å². The number of piperidine rings is 1. The summed E-state index contributed by atoms with van der Waals surface area (Å²) < 4.78 is 2.09. The number of aromatic nitrogens is 1. The molecule has 112 valence electrons. The van der Waals surface area contributed by atoms with E-state index in [4.69, 9.17) is 0 Å². The molecule has 0 aliphatic carbocycles. The van der Waals surface area contributed by atoms with E-state index in [1.807, 2.05) is 11.1 Å². The van der Waals surface area contributed by atoms with E-state index >= 15 is 0 Å². The van der Waals surface area contributed by atoms with Crippen molar-refractivity contribution >= 4 is 25.1 Å². The van der Waals surface area contributed by atoms with Crippen molar-refractivity contribution in [2.24, 2.45) is 0 Å². The molecule has 1 aromatic rings. The van der Waals surface area contributed by atoms with E-state index in [1.54, 1.807) is 0 Å². The molecular formula is C15H25N3OSe. The van der Waals surface area contributed by atoms with Crippen molar-refractivity contribution in [3.05, 3.63) is 10.6 Å². The molecule has 4 nitrogen and oxygen atoms in total. The van der Waals surface area contributed by atoms with Gasteiger partial charge in [0.15, 0.2) is 0 Å². The molecule has 0 unspecified atom stereocenters. The van der Waals surface area contributed by atoms with Gasteiger partial charge in [0, 0.05) is 0 Å². The van der Waals surface area contributed by atoms with Gasteiger partial charge >= 0.3 is 127 Å². The van der Waals surface area contributed by atoms with Gasteiger partial charge in [-0.2, -0.15) is 0 Å². The summed E-state index contributed by atoms with van der Waals surface area (Å²) in [5.41, 5.74) is 0. The molecule has 2 heterocycles. The zero-order valence-corrected chi connectivity index (χ0v) is 14.3. The zero-order valence-electron chi connectivity index (χ0n) is 12.6. The molecule has 20 heavy (non-hydrogen) atoms. The molecule has 0 atom stereocenters. The van der Waals surface area contributed by atoms with E-state index in [9.17, 15) is 4.79 Å². The summed E-state index contributed by atoms with van der Waals surface area (Å²) >= 11 is 0.105. The molecule has 0 saturated carbocycles. The van der Waals surface area contributed by atoms with Crippen LogP contribution in [0.5, 0.6) is 0 Å². The second-order valence-electron chi connectivity index (χ2n) is 5.35. The number of carbonyl (C=O) groups excluding carboxylic acids is 1. The quantitative estimate of drug-likeness (QED) is 0.745. The topological polar surface area (TPSA) is 36.4 Å². The summed E-state index contributed by atoms with van der Waals surface area (Å²) in [5.74, 6) is 0.212. The van der Waals surface area contributed by atoms with Gasteiger partial charge in [0.1, 0.15) is 0 Å². The molecule has 5 heteroatoms. The summed E-state index contributed by atoms with van der Waals surface area (Å²) in [4.78, 5) is 21.4. The van der Waals surface area contributed by atoms with Crippen LogP contribution < -0.4 is 4.90 Å². The van der Waals surface area contributed by atoms with Gasteiger partial charge in [-0.25, -0.2) is 0 Å². The van der Waals surface area contributed by atoms with E-state index in [1.165, 1.54) is 19.3 Å². The Balaban J connectivity index is 2.04. The second-order valence-corrected chi connectivity index (χ2v) is 7.46. The number of anilines is 1. The Bertz CT molecular complexity index is 421. The third-order valence-corrected chi connectivity index (χ3v) is 5.80. The van der Waals surface area contributed by atoms with E-state index in [0.717, 1.165) is 48.1 Å². The van der Waals surface area contributed by atoms with E-state index in [-0.39, 0.29) is 20.4 Å². The SMILES string of the molecule is CCCN(CCC)C(=O)c1cnc(N2CCCCC2)[se]1. The van der Waals surface area contributed by atoms with Crippen LogP contribution in [-0.2, 0) is 0 Å². The zero-order chi connectivity index (χ0) is 14.4. The molecular weight excluding hydrogens is 317 g/mol. The molecule has 1 aromatic heterocycles. The van der Waals surface area contributed by atoms with Crippen molar-refractivity contribution in [3.8, 4) is 0 Å². The molecule has 1 amide bonds. The molecule has 0 N–H and O–H groups in total. The second kappa shape index (κ2) is 7.84. The number of amides is 1. The summed E-state index contributed by atoms with van der Waals surface area (Å²) in [6, 6.07) is 0. The van der Waals surface area contributed by atoms with Gasteiger partial charge in [-0.3, -0.25) is 0 Å². The first-order valence-corrected chi connectivity index (χ1v) is 9.47. The molecule has 1 aliphatic rings. The Morgan fingerprint density at radius 3 is 2.50 bits per heavy atom. The first-order chi connectivity index (χ1) is 9.76. The van der Waals surface area contributed by atoms with Crippen molar-refractivity contribution in [2.45, 2.75) is 46.0 Å². The van der Waals surface area contributed by atoms with Gasteiger partial charge in [-0.1, -0.05) is 0 Å². The minimum absolute atomic E-state index is 0.105. The van der Waals surface area contributed by atoms with Crippen molar-refractivity contribution in [1.29, 1.82) is 0 Å². The normalized spacial score (nSPS) is 15.4. The predicted molar refractivity (Wildman–Crippen MR) is 83.7 cm³/mol. The van der Waals surface area contributed by atoms with Gasteiger partial charge in [-0.15, -0.1) is 0 Å². The Morgan fingerprint density at radius 1 is 1.25 bits per heavy atom. The van der Waals surface area contributed by atoms with Crippen LogP contribution >= 0.6 is 0 Å².